The predicted molar refractivity (Wildman–Crippen MR) is 79.1 cm³/mol. The van der Waals surface area contributed by atoms with Crippen molar-refractivity contribution in [1.29, 1.82) is 0 Å². The third-order valence-corrected chi connectivity index (χ3v) is 3.86. The first-order valence-electron chi connectivity index (χ1n) is 7.45. The Kier molecular flexibility index (Phi) is 5.11. The molecule has 6 heteroatoms. The molecule has 1 aliphatic rings. The molecule has 0 spiro atoms. The first-order valence-corrected chi connectivity index (χ1v) is 7.45. The maximum Gasteiger partial charge on any atom is 0.228 e. The summed E-state index contributed by atoms with van der Waals surface area (Å²) in [4.78, 5) is 25.8. The zero-order chi connectivity index (χ0) is 16.3. The van der Waals surface area contributed by atoms with Gasteiger partial charge < -0.3 is 10.2 Å². The fourth-order valence-electron chi connectivity index (χ4n) is 2.36. The van der Waals surface area contributed by atoms with Crippen LogP contribution in [0.15, 0.2) is 18.2 Å². The molecule has 0 heterocycles. The van der Waals surface area contributed by atoms with Gasteiger partial charge in [-0.2, -0.15) is 0 Å². The fourth-order valence-corrected chi connectivity index (χ4v) is 2.36. The highest BCUT2D eigenvalue weighted by Gasteiger charge is 2.49. The lowest BCUT2D eigenvalue weighted by atomic mass is 10.2. The zero-order valence-corrected chi connectivity index (χ0v) is 12.7. The van der Waals surface area contributed by atoms with Crippen LogP contribution in [-0.2, 0) is 9.59 Å². The highest BCUT2D eigenvalue weighted by atomic mass is 19.1. The Morgan fingerprint density at radius 1 is 1.32 bits per heavy atom. The molecule has 2 rings (SSSR count). The summed E-state index contributed by atoms with van der Waals surface area (Å²) in [6.45, 7) is 2.72. The van der Waals surface area contributed by atoms with E-state index >= 15 is 0 Å². The summed E-state index contributed by atoms with van der Waals surface area (Å²) in [5.41, 5.74) is -0.0659. The van der Waals surface area contributed by atoms with Gasteiger partial charge in [0.05, 0.1) is 17.5 Å². The number of benzene rings is 1. The molecule has 0 radical (unpaired) electrons. The Morgan fingerprint density at radius 2 is 2.05 bits per heavy atom. The van der Waals surface area contributed by atoms with Crippen LogP contribution < -0.4 is 5.32 Å². The van der Waals surface area contributed by atoms with Gasteiger partial charge in [0.2, 0.25) is 11.8 Å². The van der Waals surface area contributed by atoms with Crippen molar-refractivity contribution in [3.05, 3.63) is 29.8 Å². The number of hydrogen-bond acceptors (Lipinski definition) is 2. The number of amides is 2. The molecule has 1 N–H and O–H groups in total. The molecule has 4 nitrogen and oxygen atoms in total. The van der Waals surface area contributed by atoms with Gasteiger partial charge in [-0.05, 0) is 25.0 Å². The van der Waals surface area contributed by atoms with Crippen LogP contribution in [0.5, 0.6) is 0 Å². The average molecular weight is 310 g/mol. The molecule has 1 aromatic carbocycles. The molecule has 22 heavy (non-hydrogen) atoms. The number of rotatable bonds is 6. The van der Waals surface area contributed by atoms with Crippen LogP contribution in [0.25, 0.3) is 0 Å². The molecule has 2 atom stereocenters. The lowest BCUT2D eigenvalue weighted by Crippen LogP contribution is -2.30. The Morgan fingerprint density at radius 3 is 2.68 bits per heavy atom. The van der Waals surface area contributed by atoms with E-state index in [1.54, 1.807) is 11.9 Å². The molecular formula is C16H20F2N2O2. The summed E-state index contributed by atoms with van der Waals surface area (Å²) in [6.07, 6.45) is 2.40. The van der Waals surface area contributed by atoms with Crippen molar-refractivity contribution in [3.8, 4) is 0 Å². The molecule has 2 amide bonds. The third kappa shape index (κ3) is 3.81. The SMILES string of the molecule is CCCCN(C)C(=O)C1CC1C(=O)Nc1ccc(F)cc1F. The Hall–Kier alpha value is -1.98. The van der Waals surface area contributed by atoms with Gasteiger partial charge in [-0.1, -0.05) is 13.3 Å². The van der Waals surface area contributed by atoms with Gasteiger partial charge in [-0.25, -0.2) is 8.78 Å². The second-order valence-electron chi connectivity index (χ2n) is 5.68. The summed E-state index contributed by atoms with van der Waals surface area (Å²) in [5, 5.41) is 2.41. The van der Waals surface area contributed by atoms with Crippen LogP contribution in [0.2, 0.25) is 0 Å². The summed E-state index contributed by atoms with van der Waals surface area (Å²) in [5.74, 6) is -2.73. The second-order valence-corrected chi connectivity index (χ2v) is 5.68. The summed E-state index contributed by atoms with van der Waals surface area (Å²) in [7, 11) is 1.73. The lowest BCUT2D eigenvalue weighted by molar-refractivity contribution is -0.132. The number of hydrogen-bond donors (Lipinski definition) is 1. The van der Waals surface area contributed by atoms with E-state index < -0.39 is 23.5 Å². The largest absolute Gasteiger partial charge is 0.346 e. The Labute approximate surface area is 128 Å². The van der Waals surface area contributed by atoms with E-state index in [0.29, 0.717) is 19.0 Å². The van der Waals surface area contributed by atoms with Crippen LogP contribution in [0.3, 0.4) is 0 Å². The molecule has 0 bridgehead atoms. The van der Waals surface area contributed by atoms with E-state index in [-0.39, 0.29) is 17.5 Å². The van der Waals surface area contributed by atoms with Crippen LogP contribution in [0.1, 0.15) is 26.2 Å². The van der Waals surface area contributed by atoms with Crippen LogP contribution >= 0.6 is 0 Å². The molecule has 1 aliphatic carbocycles. The van der Waals surface area contributed by atoms with Gasteiger partial charge in [0.15, 0.2) is 0 Å². The van der Waals surface area contributed by atoms with E-state index in [1.165, 1.54) is 6.07 Å². The minimum Gasteiger partial charge on any atom is -0.346 e. The van der Waals surface area contributed by atoms with Crippen LogP contribution in [0, 0.1) is 23.5 Å². The molecular weight excluding hydrogens is 290 g/mol. The molecule has 1 saturated carbocycles. The Balaban J connectivity index is 1.89. The van der Waals surface area contributed by atoms with E-state index in [4.69, 9.17) is 0 Å². The van der Waals surface area contributed by atoms with Crippen molar-refractivity contribution < 1.29 is 18.4 Å². The first-order chi connectivity index (χ1) is 10.4. The van der Waals surface area contributed by atoms with Gasteiger partial charge in [0, 0.05) is 19.7 Å². The number of unbranched alkanes of at least 4 members (excludes halogenated alkanes) is 1. The number of anilines is 1. The number of halogens is 2. The first kappa shape index (κ1) is 16.4. The van der Waals surface area contributed by atoms with Crippen molar-refractivity contribution in [3.63, 3.8) is 0 Å². The maximum absolute atomic E-state index is 13.5. The monoisotopic (exact) mass is 310 g/mol. The normalized spacial score (nSPS) is 19.6. The molecule has 1 aromatic rings. The third-order valence-electron chi connectivity index (χ3n) is 3.86. The maximum atomic E-state index is 13.5. The zero-order valence-electron chi connectivity index (χ0n) is 12.7. The minimum atomic E-state index is -0.822. The number of carbonyl (C=O) groups is 2. The summed E-state index contributed by atoms with van der Waals surface area (Å²) < 4.78 is 26.3. The quantitative estimate of drug-likeness (QED) is 0.878. The number of nitrogens with one attached hydrogen (secondary N) is 1. The second kappa shape index (κ2) is 6.85. The van der Waals surface area contributed by atoms with Crippen molar-refractivity contribution in [2.45, 2.75) is 26.2 Å². The molecule has 1 fully saturated rings. The van der Waals surface area contributed by atoms with E-state index in [0.717, 1.165) is 18.9 Å². The van der Waals surface area contributed by atoms with Crippen molar-refractivity contribution in [2.24, 2.45) is 11.8 Å². The topological polar surface area (TPSA) is 49.4 Å². The standard InChI is InChI=1S/C16H20F2N2O2/c1-3-4-7-20(2)16(22)12-9-11(12)15(21)19-14-6-5-10(17)8-13(14)18/h5-6,8,11-12H,3-4,7,9H2,1-2H3,(H,19,21). The van der Waals surface area contributed by atoms with Gasteiger partial charge in [-0.3, -0.25) is 9.59 Å². The van der Waals surface area contributed by atoms with E-state index in [1.807, 2.05) is 6.92 Å². The Bertz CT molecular complexity index is 577. The smallest absolute Gasteiger partial charge is 0.228 e. The average Bonchev–Trinajstić information content (AvgIpc) is 3.27. The van der Waals surface area contributed by atoms with Gasteiger partial charge in [0.25, 0.3) is 0 Å². The molecule has 0 saturated heterocycles. The molecule has 0 aromatic heterocycles. The lowest BCUT2D eigenvalue weighted by Gasteiger charge is -2.16. The van der Waals surface area contributed by atoms with Gasteiger partial charge in [-0.15, -0.1) is 0 Å². The van der Waals surface area contributed by atoms with Gasteiger partial charge in [0.1, 0.15) is 11.6 Å². The predicted octanol–water partition coefficient (Wildman–Crippen LogP) is 2.80. The number of carbonyl (C=O) groups excluding carboxylic acids is 2. The molecule has 2 unspecified atom stereocenters. The fraction of sp³-hybridized carbons (Fsp3) is 0.500. The van der Waals surface area contributed by atoms with Crippen molar-refractivity contribution >= 4 is 17.5 Å². The highest BCUT2D eigenvalue weighted by molar-refractivity contribution is 5.99. The van der Waals surface area contributed by atoms with Crippen LogP contribution in [0.4, 0.5) is 14.5 Å². The van der Waals surface area contributed by atoms with E-state index in [2.05, 4.69) is 5.32 Å². The van der Waals surface area contributed by atoms with E-state index in [9.17, 15) is 18.4 Å². The molecule has 120 valence electrons. The van der Waals surface area contributed by atoms with Crippen LogP contribution in [-0.4, -0.2) is 30.3 Å². The molecule has 0 aliphatic heterocycles. The van der Waals surface area contributed by atoms with Crippen molar-refractivity contribution in [1.82, 2.24) is 4.90 Å². The number of nitrogens with zero attached hydrogens (tertiary/aromatic N) is 1. The van der Waals surface area contributed by atoms with Crippen molar-refractivity contribution in [2.75, 3.05) is 18.9 Å². The highest BCUT2D eigenvalue weighted by Crippen LogP contribution is 2.40. The minimum absolute atomic E-state index is 0.0480. The summed E-state index contributed by atoms with van der Waals surface area (Å²) in [6, 6.07) is 2.96. The summed E-state index contributed by atoms with van der Waals surface area (Å²) >= 11 is 0. The van der Waals surface area contributed by atoms with Gasteiger partial charge >= 0.3 is 0 Å².